The number of carbonyl (C=O) groups excluding carboxylic acids is 1. The fourth-order valence-electron chi connectivity index (χ4n) is 1.82. The highest BCUT2D eigenvalue weighted by Crippen LogP contribution is 2.28. The number of carbonyl (C=O) groups is 1. The third-order valence-electron chi connectivity index (χ3n) is 3.27. The summed E-state index contributed by atoms with van der Waals surface area (Å²) in [6.07, 6.45) is -2.01. The fourth-order valence-corrected chi connectivity index (χ4v) is 1.82. The molecule has 0 saturated carbocycles. The minimum atomic E-state index is -4.47. The Kier molecular flexibility index (Phi) is 5.50. The van der Waals surface area contributed by atoms with Gasteiger partial charge >= 0.3 is 6.18 Å². The molecule has 2 rings (SSSR count). The lowest BCUT2D eigenvalue weighted by molar-refractivity contribution is -0.137. The van der Waals surface area contributed by atoms with E-state index in [9.17, 15) is 23.1 Å². The van der Waals surface area contributed by atoms with Crippen LogP contribution in [0.2, 0.25) is 0 Å². The van der Waals surface area contributed by atoms with E-state index in [0.29, 0.717) is 19.0 Å². The Morgan fingerprint density at radius 3 is 2.75 bits per heavy atom. The summed E-state index contributed by atoms with van der Waals surface area (Å²) >= 11 is 0. The van der Waals surface area contributed by atoms with Gasteiger partial charge in [-0.2, -0.15) is 13.2 Å². The van der Waals surface area contributed by atoms with Crippen LogP contribution in [0.3, 0.4) is 0 Å². The average molecular weight is 343 g/mol. The molecule has 0 bridgehead atoms. The maximum absolute atomic E-state index is 12.5. The van der Waals surface area contributed by atoms with E-state index in [4.69, 9.17) is 0 Å². The van der Waals surface area contributed by atoms with Crippen LogP contribution in [0, 0.1) is 0 Å². The summed E-state index contributed by atoms with van der Waals surface area (Å²) in [5, 5.41) is 19.3. The van der Waals surface area contributed by atoms with Crippen molar-refractivity contribution in [3.63, 3.8) is 0 Å². The zero-order valence-electron chi connectivity index (χ0n) is 12.8. The molecule has 0 aliphatic rings. The lowest BCUT2D eigenvalue weighted by Gasteiger charge is -2.07. The number of hydrogen-bond acceptors (Lipinski definition) is 5. The molecule has 7 nitrogen and oxygen atoms in total. The predicted octanol–water partition coefficient (Wildman–Crippen LogP) is 1.57. The van der Waals surface area contributed by atoms with E-state index >= 15 is 0 Å². The number of amides is 1. The van der Waals surface area contributed by atoms with Crippen molar-refractivity contribution in [1.82, 2.24) is 25.3 Å². The van der Waals surface area contributed by atoms with E-state index < -0.39 is 23.8 Å². The fraction of sp³-hybridized carbons (Fsp3) is 0.429. The number of alkyl halides is 3. The Hall–Kier alpha value is -2.49. The molecule has 1 atom stereocenters. The van der Waals surface area contributed by atoms with Gasteiger partial charge in [0.1, 0.15) is 0 Å². The molecule has 0 fully saturated rings. The lowest BCUT2D eigenvalue weighted by Crippen LogP contribution is -2.27. The second-order valence-electron chi connectivity index (χ2n) is 5.06. The van der Waals surface area contributed by atoms with Crippen LogP contribution in [0.5, 0.6) is 0 Å². The van der Waals surface area contributed by atoms with Crippen molar-refractivity contribution in [3.05, 3.63) is 35.8 Å². The molecule has 2 aromatic heterocycles. The van der Waals surface area contributed by atoms with E-state index in [-0.39, 0.29) is 18.1 Å². The van der Waals surface area contributed by atoms with Gasteiger partial charge < -0.3 is 10.4 Å². The first kappa shape index (κ1) is 17.9. The first-order valence-corrected chi connectivity index (χ1v) is 7.23. The van der Waals surface area contributed by atoms with Crippen molar-refractivity contribution in [2.24, 2.45) is 0 Å². The van der Waals surface area contributed by atoms with Gasteiger partial charge in [-0.25, -0.2) is 9.67 Å². The molecular weight excluding hydrogens is 327 g/mol. The zero-order chi connectivity index (χ0) is 17.7. The summed E-state index contributed by atoms with van der Waals surface area (Å²) in [5.41, 5.74) is -0.874. The van der Waals surface area contributed by atoms with Gasteiger partial charge in [-0.05, 0) is 25.0 Å². The zero-order valence-corrected chi connectivity index (χ0v) is 12.8. The minimum Gasteiger partial charge on any atom is -0.393 e. The van der Waals surface area contributed by atoms with Gasteiger partial charge in [0.25, 0.3) is 5.91 Å². The summed E-state index contributed by atoms with van der Waals surface area (Å²) in [6.45, 7) is 2.11. The first-order chi connectivity index (χ1) is 11.3. The number of aliphatic hydroxyl groups is 1. The monoisotopic (exact) mass is 343 g/mol. The van der Waals surface area contributed by atoms with Crippen LogP contribution in [-0.2, 0) is 6.18 Å². The van der Waals surface area contributed by atoms with Crippen LogP contribution in [0.25, 0.3) is 5.82 Å². The van der Waals surface area contributed by atoms with Gasteiger partial charge in [0.2, 0.25) is 0 Å². The summed E-state index contributed by atoms with van der Waals surface area (Å²) < 4.78 is 38.6. The van der Waals surface area contributed by atoms with Crippen LogP contribution in [0.15, 0.2) is 24.5 Å². The Labute approximate surface area is 135 Å². The van der Waals surface area contributed by atoms with E-state index in [2.05, 4.69) is 20.6 Å². The molecular formula is C14H16F3N5O2. The quantitative estimate of drug-likeness (QED) is 0.830. The lowest BCUT2D eigenvalue weighted by atomic mass is 10.2. The van der Waals surface area contributed by atoms with Gasteiger partial charge in [0.15, 0.2) is 11.5 Å². The maximum Gasteiger partial charge on any atom is 0.417 e. The Morgan fingerprint density at radius 1 is 1.42 bits per heavy atom. The first-order valence-electron chi connectivity index (χ1n) is 7.23. The molecule has 2 heterocycles. The number of rotatable bonds is 6. The van der Waals surface area contributed by atoms with Crippen molar-refractivity contribution < 1.29 is 23.1 Å². The van der Waals surface area contributed by atoms with Crippen LogP contribution in [-0.4, -0.2) is 43.6 Å². The molecule has 0 spiro atoms. The van der Waals surface area contributed by atoms with E-state index in [1.807, 2.05) is 6.92 Å². The highest BCUT2D eigenvalue weighted by Gasteiger charge is 2.30. The number of aromatic nitrogens is 4. The van der Waals surface area contributed by atoms with Gasteiger partial charge in [-0.3, -0.25) is 4.79 Å². The second kappa shape index (κ2) is 7.39. The third-order valence-corrected chi connectivity index (χ3v) is 3.27. The highest BCUT2D eigenvalue weighted by molar-refractivity contribution is 5.91. The Morgan fingerprint density at radius 2 is 2.17 bits per heavy atom. The van der Waals surface area contributed by atoms with Crippen molar-refractivity contribution >= 4 is 5.91 Å². The van der Waals surface area contributed by atoms with Crippen LogP contribution in [0.1, 0.15) is 35.8 Å². The maximum atomic E-state index is 12.5. The number of aliphatic hydroxyl groups excluding tert-OH is 1. The third kappa shape index (κ3) is 4.51. The number of halogens is 3. The molecule has 0 aliphatic heterocycles. The van der Waals surface area contributed by atoms with Crippen molar-refractivity contribution in [2.45, 2.75) is 32.0 Å². The highest BCUT2D eigenvalue weighted by atomic mass is 19.4. The van der Waals surface area contributed by atoms with E-state index in [1.54, 1.807) is 0 Å². The molecule has 130 valence electrons. The molecule has 1 amide bonds. The molecule has 10 heteroatoms. The molecule has 2 aromatic rings. The molecule has 0 saturated heterocycles. The summed E-state index contributed by atoms with van der Waals surface area (Å²) in [4.78, 5) is 15.5. The summed E-state index contributed by atoms with van der Waals surface area (Å²) in [5.74, 6) is -0.382. The number of hydrogen-bond donors (Lipinski definition) is 2. The van der Waals surface area contributed by atoms with Crippen LogP contribution < -0.4 is 5.32 Å². The summed E-state index contributed by atoms with van der Waals surface area (Å²) in [6, 6.07) is 2.01. The SMILES string of the molecule is CCC(O)CCNC(=O)c1cn(-c2ccc(C(F)(F)F)cn2)nn1. The number of nitrogens with zero attached hydrogens (tertiary/aromatic N) is 4. The molecule has 0 radical (unpaired) electrons. The van der Waals surface area contributed by atoms with Gasteiger partial charge in [-0.15, -0.1) is 5.10 Å². The van der Waals surface area contributed by atoms with Gasteiger partial charge in [-0.1, -0.05) is 12.1 Å². The second-order valence-corrected chi connectivity index (χ2v) is 5.06. The Bertz CT molecular complexity index is 684. The van der Waals surface area contributed by atoms with Gasteiger partial charge in [0, 0.05) is 12.7 Å². The average Bonchev–Trinajstić information content (AvgIpc) is 3.04. The van der Waals surface area contributed by atoms with E-state index in [0.717, 1.165) is 16.8 Å². The molecule has 2 N–H and O–H groups in total. The van der Waals surface area contributed by atoms with Crippen molar-refractivity contribution in [3.8, 4) is 5.82 Å². The molecule has 0 aromatic carbocycles. The standard InChI is InChI=1S/C14H16F3N5O2/c1-2-10(23)5-6-18-13(24)11-8-22(21-20-11)12-4-3-9(7-19-12)14(15,16)17/h3-4,7-8,10,23H,2,5-6H2,1H3,(H,18,24). The topological polar surface area (TPSA) is 92.9 Å². The van der Waals surface area contributed by atoms with Crippen molar-refractivity contribution in [1.29, 1.82) is 0 Å². The van der Waals surface area contributed by atoms with Crippen LogP contribution in [0.4, 0.5) is 13.2 Å². The summed E-state index contributed by atoms with van der Waals surface area (Å²) in [7, 11) is 0. The Balaban J connectivity index is 2.01. The number of pyridine rings is 1. The number of nitrogens with one attached hydrogen (secondary N) is 1. The smallest absolute Gasteiger partial charge is 0.393 e. The molecule has 1 unspecified atom stereocenters. The van der Waals surface area contributed by atoms with Crippen molar-refractivity contribution in [2.75, 3.05) is 6.54 Å². The molecule has 24 heavy (non-hydrogen) atoms. The van der Waals surface area contributed by atoms with Gasteiger partial charge in [0.05, 0.1) is 17.9 Å². The normalized spacial score (nSPS) is 12.9. The van der Waals surface area contributed by atoms with Crippen LogP contribution >= 0.6 is 0 Å². The molecule has 0 aliphatic carbocycles. The predicted molar refractivity (Wildman–Crippen MR) is 77.4 cm³/mol. The van der Waals surface area contributed by atoms with E-state index in [1.165, 1.54) is 6.20 Å². The minimum absolute atomic E-state index is 0.00249. The largest absolute Gasteiger partial charge is 0.417 e.